The second-order valence-electron chi connectivity index (χ2n) is 5.83. The number of aldehydes is 1. The molecule has 0 aliphatic carbocycles. The van der Waals surface area contributed by atoms with Crippen LogP contribution in [-0.2, 0) is 4.79 Å². The number of benzene rings is 4. The number of fused-ring (bicyclic) bond motifs is 2. The first-order chi connectivity index (χ1) is 12.2. The molecule has 4 aromatic rings. The van der Waals surface area contributed by atoms with Gasteiger partial charge in [-0.05, 0) is 53.9 Å². The lowest BCUT2D eigenvalue weighted by Gasteiger charge is -2.06. The van der Waals surface area contributed by atoms with Gasteiger partial charge < -0.3 is 4.79 Å². The molecular formula is C24H24O. The molecule has 0 aromatic heterocycles. The number of aryl methyl sites for hydroxylation is 2. The molecule has 0 aliphatic heterocycles. The minimum atomic E-state index is 0.750. The minimum absolute atomic E-state index is 0.750. The van der Waals surface area contributed by atoms with Crippen LogP contribution in [0, 0.1) is 13.8 Å². The third-order valence-electron chi connectivity index (χ3n) is 3.98. The van der Waals surface area contributed by atoms with Gasteiger partial charge in [0.15, 0.2) is 0 Å². The van der Waals surface area contributed by atoms with Gasteiger partial charge in [0.05, 0.1) is 0 Å². The highest BCUT2D eigenvalue weighted by Crippen LogP contribution is 2.27. The van der Waals surface area contributed by atoms with Crippen molar-refractivity contribution in [2.45, 2.75) is 20.8 Å². The maximum absolute atomic E-state index is 8.81. The molecule has 0 saturated carbocycles. The molecule has 1 nitrogen and oxygen atoms in total. The van der Waals surface area contributed by atoms with Crippen molar-refractivity contribution < 1.29 is 4.79 Å². The van der Waals surface area contributed by atoms with E-state index in [1.54, 1.807) is 0 Å². The molecule has 0 unspecified atom stereocenters. The average molecular weight is 328 g/mol. The van der Waals surface area contributed by atoms with Crippen molar-refractivity contribution in [2.24, 2.45) is 0 Å². The zero-order valence-electron chi connectivity index (χ0n) is 15.1. The fourth-order valence-corrected chi connectivity index (χ4v) is 2.78. The Morgan fingerprint density at radius 1 is 0.640 bits per heavy atom. The van der Waals surface area contributed by atoms with Gasteiger partial charge in [0.1, 0.15) is 6.29 Å². The molecule has 0 fully saturated rings. The molecule has 0 aliphatic rings. The van der Waals surface area contributed by atoms with Crippen LogP contribution < -0.4 is 0 Å². The molecule has 0 spiro atoms. The van der Waals surface area contributed by atoms with Crippen LogP contribution >= 0.6 is 0 Å². The van der Waals surface area contributed by atoms with Gasteiger partial charge in [-0.25, -0.2) is 0 Å². The molecule has 4 aromatic carbocycles. The summed E-state index contributed by atoms with van der Waals surface area (Å²) in [5.74, 6) is 0. The topological polar surface area (TPSA) is 17.1 Å². The Hall–Kier alpha value is -2.93. The number of hydrogen-bond acceptors (Lipinski definition) is 1. The van der Waals surface area contributed by atoms with Crippen LogP contribution in [0.3, 0.4) is 0 Å². The third kappa shape index (κ3) is 5.02. The normalized spacial score (nSPS) is 9.56. The zero-order valence-corrected chi connectivity index (χ0v) is 15.1. The lowest BCUT2D eigenvalue weighted by Crippen LogP contribution is -1.81. The molecule has 0 saturated heterocycles. The molecule has 25 heavy (non-hydrogen) atoms. The van der Waals surface area contributed by atoms with E-state index >= 15 is 0 Å². The Morgan fingerprint density at radius 2 is 1.04 bits per heavy atom. The Morgan fingerprint density at radius 3 is 1.44 bits per heavy atom. The van der Waals surface area contributed by atoms with Crippen LogP contribution in [0.15, 0.2) is 84.9 Å². The first-order valence-corrected chi connectivity index (χ1v) is 8.46. The highest BCUT2D eigenvalue weighted by Gasteiger charge is 2.01. The Labute approximate surface area is 149 Å². The maximum Gasteiger partial charge on any atom is 0.116 e. The van der Waals surface area contributed by atoms with Gasteiger partial charge >= 0.3 is 0 Å². The summed E-state index contributed by atoms with van der Waals surface area (Å²) < 4.78 is 0. The second-order valence-corrected chi connectivity index (χ2v) is 5.83. The Bertz CT molecular complexity index is 886. The van der Waals surface area contributed by atoms with E-state index in [0.29, 0.717) is 0 Å². The van der Waals surface area contributed by atoms with Gasteiger partial charge in [0.2, 0.25) is 0 Å². The van der Waals surface area contributed by atoms with Crippen LogP contribution in [0.1, 0.15) is 18.1 Å². The molecule has 0 radical (unpaired) electrons. The lowest BCUT2D eigenvalue weighted by molar-refractivity contribution is -0.106. The van der Waals surface area contributed by atoms with Crippen molar-refractivity contribution in [3.63, 3.8) is 0 Å². The van der Waals surface area contributed by atoms with Crippen LogP contribution in [-0.4, -0.2) is 6.29 Å². The van der Waals surface area contributed by atoms with Crippen LogP contribution in [0.25, 0.3) is 21.5 Å². The SMILES string of the molecule is CC=O.Cc1c2ccccc2cc2ccccc12.Cc1ccccc1. The molecule has 126 valence electrons. The Kier molecular flexibility index (Phi) is 6.91. The second kappa shape index (κ2) is 9.39. The van der Waals surface area contributed by atoms with E-state index in [1.165, 1.54) is 39.6 Å². The van der Waals surface area contributed by atoms with Crippen LogP contribution in [0.2, 0.25) is 0 Å². The average Bonchev–Trinajstić information content (AvgIpc) is 2.64. The van der Waals surface area contributed by atoms with Gasteiger partial charge in [0.25, 0.3) is 0 Å². The quantitative estimate of drug-likeness (QED) is 0.266. The van der Waals surface area contributed by atoms with Gasteiger partial charge in [-0.2, -0.15) is 0 Å². The summed E-state index contributed by atoms with van der Waals surface area (Å²) in [6.07, 6.45) is 0.750. The standard InChI is InChI=1S/C15H12.C7H8.C2H4O/c1-11-14-8-4-2-6-12(14)10-13-7-3-5-9-15(11)13;1-7-5-3-2-4-6-7;1-2-3/h2-10H,1H3;2-6H,1H3;2H,1H3. The van der Waals surface area contributed by atoms with E-state index in [-0.39, 0.29) is 0 Å². The van der Waals surface area contributed by atoms with Crippen molar-refractivity contribution in [3.05, 3.63) is 96.1 Å². The van der Waals surface area contributed by atoms with E-state index in [4.69, 9.17) is 4.79 Å². The van der Waals surface area contributed by atoms with Gasteiger partial charge in [-0.3, -0.25) is 0 Å². The molecular weight excluding hydrogens is 304 g/mol. The lowest BCUT2D eigenvalue weighted by atomic mass is 9.98. The predicted molar refractivity (Wildman–Crippen MR) is 109 cm³/mol. The number of rotatable bonds is 0. The van der Waals surface area contributed by atoms with E-state index in [2.05, 4.69) is 80.6 Å². The summed E-state index contributed by atoms with van der Waals surface area (Å²) in [5.41, 5.74) is 2.70. The van der Waals surface area contributed by atoms with Gasteiger partial charge in [0, 0.05) is 0 Å². The molecule has 0 N–H and O–H groups in total. The molecule has 4 rings (SSSR count). The number of hydrogen-bond donors (Lipinski definition) is 0. The van der Waals surface area contributed by atoms with Crippen molar-refractivity contribution in [2.75, 3.05) is 0 Å². The molecule has 0 atom stereocenters. The summed E-state index contributed by atoms with van der Waals surface area (Å²) in [6, 6.07) is 29.6. The molecule has 0 amide bonds. The van der Waals surface area contributed by atoms with Crippen molar-refractivity contribution in [1.29, 1.82) is 0 Å². The predicted octanol–water partition coefficient (Wildman–Crippen LogP) is 6.50. The Balaban J connectivity index is 0.000000189. The number of carbonyl (C=O) groups is 1. The van der Waals surface area contributed by atoms with Gasteiger partial charge in [-0.1, -0.05) is 84.4 Å². The van der Waals surface area contributed by atoms with E-state index in [9.17, 15) is 0 Å². The fourth-order valence-electron chi connectivity index (χ4n) is 2.78. The largest absolute Gasteiger partial charge is 0.304 e. The molecule has 0 bridgehead atoms. The van der Waals surface area contributed by atoms with Crippen molar-refractivity contribution >= 4 is 27.8 Å². The third-order valence-corrected chi connectivity index (χ3v) is 3.98. The van der Waals surface area contributed by atoms with E-state index in [0.717, 1.165) is 6.29 Å². The highest BCUT2D eigenvalue weighted by molar-refractivity contribution is 6.01. The monoisotopic (exact) mass is 328 g/mol. The van der Waals surface area contributed by atoms with E-state index in [1.807, 2.05) is 18.2 Å². The minimum Gasteiger partial charge on any atom is -0.304 e. The maximum atomic E-state index is 8.81. The van der Waals surface area contributed by atoms with Gasteiger partial charge in [-0.15, -0.1) is 0 Å². The molecule has 1 heteroatoms. The zero-order chi connectivity index (χ0) is 18.1. The summed E-state index contributed by atoms with van der Waals surface area (Å²) in [4.78, 5) is 8.81. The summed E-state index contributed by atoms with van der Waals surface area (Å²) in [5, 5.41) is 5.37. The molecule has 0 heterocycles. The summed E-state index contributed by atoms with van der Waals surface area (Å²) in [7, 11) is 0. The van der Waals surface area contributed by atoms with Crippen LogP contribution in [0.4, 0.5) is 0 Å². The fraction of sp³-hybridized carbons (Fsp3) is 0.125. The van der Waals surface area contributed by atoms with E-state index < -0.39 is 0 Å². The first-order valence-electron chi connectivity index (χ1n) is 8.46. The summed E-state index contributed by atoms with van der Waals surface area (Å²) >= 11 is 0. The smallest absolute Gasteiger partial charge is 0.116 e. The van der Waals surface area contributed by atoms with Crippen molar-refractivity contribution in [3.8, 4) is 0 Å². The van der Waals surface area contributed by atoms with Crippen molar-refractivity contribution in [1.82, 2.24) is 0 Å². The van der Waals surface area contributed by atoms with Crippen LogP contribution in [0.5, 0.6) is 0 Å². The first kappa shape index (κ1) is 18.4. The number of carbonyl (C=O) groups excluding carboxylic acids is 1. The summed E-state index contributed by atoms with van der Waals surface area (Å²) in [6.45, 7) is 5.73. The highest BCUT2D eigenvalue weighted by atomic mass is 16.1.